The maximum absolute atomic E-state index is 12.3. The number of aromatic nitrogens is 1. The van der Waals surface area contributed by atoms with Crippen molar-refractivity contribution >= 4 is 12.1 Å². The molecule has 1 heterocycles. The fourth-order valence-electron chi connectivity index (χ4n) is 1.46. The first-order valence-electron chi connectivity index (χ1n) is 5.15. The molecule has 0 aliphatic heterocycles. The van der Waals surface area contributed by atoms with Crippen molar-refractivity contribution in [1.82, 2.24) is 4.98 Å². The lowest BCUT2D eigenvalue weighted by atomic mass is 10.2. The average molecular weight is 246 g/mol. The predicted octanol–water partition coefficient (Wildman–Crippen LogP) is 2.51. The minimum Gasteiger partial charge on any atom is -0.347 e. The van der Waals surface area contributed by atoms with Crippen LogP contribution in [0.15, 0.2) is 18.3 Å². The standard InChI is InChI=1S/C11H13F3N2O/c1-3-16(8(2)7-17)10-5-4-9(6-15-10)11(12,13)14/h4-8H,3H2,1-2H3/t8-/m1/s1. The molecule has 1 rings (SSSR count). The number of alkyl halides is 3. The number of pyridine rings is 1. The first kappa shape index (κ1) is 13.5. The highest BCUT2D eigenvalue weighted by molar-refractivity contribution is 5.64. The van der Waals surface area contributed by atoms with E-state index >= 15 is 0 Å². The Bertz CT molecular complexity index is 375. The molecule has 0 fully saturated rings. The SMILES string of the molecule is CCN(c1ccc(C(F)(F)F)cn1)[C@H](C)C=O. The van der Waals surface area contributed by atoms with Crippen LogP contribution in [0.5, 0.6) is 0 Å². The van der Waals surface area contributed by atoms with Gasteiger partial charge in [-0.25, -0.2) is 4.98 Å². The summed E-state index contributed by atoms with van der Waals surface area (Å²) in [5.74, 6) is 0.361. The van der Waals surface area contributed by atoms with Crippen molar-refractivity contribution in [2.75, 3.05) is 11.4 Å². The Hall–Kier alpha value is -1.59. The van der Waals surface area contributed by atoms with Gasteiger partial charge in [-0.1, -0.05) is 0 Å². The van der Waals surface area contributed by atoms with Crippen LogP contribution in [0.4, 0.5) is 19.0 Å². The highest BCUT2D eigenvalue weighted by Crippen LogP contribution is 2.29. The van der Waals surface area contributed by atoms with Gasteiger partial charge < -0.3 is 9.69 Å². The summed E-state index contributed by atoms with van der Waals surface area (Å²) in [6.45, 7) is 3.97. The van der Waals surface area contributed by atoms with Crippen molar-refractivity contribution in [2.45, 2.75) is 26.1 Å². The van der Waals surface area contributed by atoms with E-state index in [9.17, 15) is 18.0 Å². The molecule has 0 N–H and O–H groups in total. The molecular formula is C11H13F3N2O. The van der Waals surface area contributed by atoms with Crippen molar-refractivity contribution < 1.29 is 18.0 Å². The van der Waals surface area contributed by atoms with Crippen LogP contribution >= 0.6 is 0 Å². The summed E-state index contributed by atoms with van der Waals surface area (Å²) < 4.78 is 37.0. The number of carbonyl (C=O) groups is 1. The van der Waals surface area contributed by atoms with Gasteiger partial charge in [0, 0.05) is 12.7 Å². The highest BCUT2D eigenvalue weighted by atomic mass is 19.4. The predicted molar refractivity (Wildman–Crippen MR) is 57.8 cm³/mol. The fraction of sp³-hybridized carbons (Fsp3) is 0.455. The maximum atomic E-state index is 12.3. The Kier molecular flexibility index (Phi) is 4.09. The van der Waals surface area contributed by atoms with Gasteiger partial charge in [0.05, 0.1) is 11.6 Å². The van der Waals surface area contributed by atoms with E-state index in [-0.39, 0.29) is 0 Å². The Balaban J connectivity index is 2.97. The lowest BCUT2D eigenvalue weighted by Gasteiger charge is -2.25. The van der Waals surface area contributed by atoms with E-state index in [4.69, 9.17) is 0 Å². The summed E-state index contributed by atoms with van der Waals surface area (Å²) in [6.07, 6.45) is -2.89. The third-order valence-electron chi connectivity index (χ3n) is 2.40. The van der Waals surface area contributed by atoms with E-state index in [1.54, 1.807) is 18.7 Å². The van der Waals surface area contributed by atoms with E-state index in [0.717, 1.165) is 18.5 Å². The maximum Gasteiger partial charge on any atom is 0.417 e. The second-order valence-electron chi connectivity index (χ2n) is 3.57. The summed E-state index contributed by atoms with van der Waals surface area (Å²) in [5.41, 5.74) is -0.795. The summed E-state index contributed by atoms with van der Waals surface area (Å²) in [7, 11) is 0. The number of halogens is 3. The van der Waals surface area contributed by atoms with E-state index < -0.39 is 17.8 Å². The van der Waals surface area contributed by atoms with Crippen LogP contribution in [0, 0.1) is 0 Å². The van der Waals surface area contributed by atoms with Gasteiger partial charge in [0.1, 0.15) is 12.1 Å². The molecule has 0 amide bonds. The van der Waals surface area contributed by atoms with Gasteiger partial charge in [0.25, 0.3) is 0 Å². The number of hydrogen-bond donors (Lipinski definition) is 0. The van der Waals surface area contributed by atoms with Gasteiger partial charge in [-0.15, -0.1) is 0 Å². The third kappa shape index (κ3) is 3.18. The molecule has 0 saturated carbocycles. The molecule has 3 nitrogen and oxygen atoms in total. The molecule has 0 aliphatic rings. The van der Waals surface area contributed by atoms with Gasteiger partial charge in [0.2, 0.25) is 0 Å². The van der Waals surface area contributed by atoms with Gasteiger partial charge >= 0.3 is 6.18 Å². The fourth-order valence-corrected chi connectivity index (χ4v) is 1.46. The summed E-state index contributed by atoms with van der Waals surface area (Å²) in [4.78, 5) is 16.0. The number of anilines is 1. The first-order valence-corrected chi connectivity index (χ1v) is 5.15. The lowest BCUT2D eigenvalue weighted by Crippen LogP contribution is -2.34. The lowest BCUT2D eigenvalue weighted by molar-refractivity contribution is -0.137. The van der Waals surface area contributed by atoms with Crippen molar-refractivity contribution in [3.05, 3.63) is 23.9 Å². The van der Waals surface area contributed by atoms with Crippen LogP contribution in [-0.4, -0.2) is 23.9 Å². The average Bonchev–Trinajstić information content (AvgIpc) is 2.29. The van der Waals surface area contributed by atoms with Crippen molar-refractivity contribution in [3.63, 3.8) is 0 Å². The van der Waals surface area contributed by atoms with Crippen molar-refractivity contribution in [2.24, 2.45) is 0 Å². The van der Waals surface area contributed by atoms with Crippen LogP contribution < -0.4 is 4.90 Å². The van der Waals surface area contributed by atoms with E-state index in [1.165, 1.54) is 6.07 Å². The Morgan fingerprint density at radius 2 is 2.12 bits per heavy atom. The summed E-state index contributed by atoms with van der Waals surface area (Å²) in [6, 6.07) is 1.82. The number of hydrogen-bond acceptors (Lipinski definition) is 3. The van der Waals surface area contributed by atoms with E-state index in [0.29, 0.717) is 12.4 Å². The van der Waals surface area contributed by atoms with Crippen molar-refractivity contribution in [3.8, 4) is 0 Å². The van der Waals surface area contributed by atoms with Gasteiger partial charge in [-0.05, 0) is 26.0 Å². The van der Waals surface area contributed by atoms with Gasteiger partial charge in [-0.2, -0.15) is 13.2 Å². The molecule has 0 aromatic carbocycles. The normalized spacial score (nSPS) is 13.2. The summed E-state index contributed by atoms with van der Waals surface area (Å²) >= 11 is 0. The topological polar surface area (TPSA) is 33.2 Å². The van der Waals surface area contributed by atoms with Gasteiger partial charge in [0.15, 0.2) is 0 Å². The minimum atomic E-state index is -4.39. The number of aldehydes is 1. The van der Waals surface area contributed by atoms with Crippen LogP contribution in [0.3, 0.4) is 0 Å². The Labute approximate surface area is 97.3 Å². The van der Waals surface area contributed by atoms with Crippen LogP contribution in [0.2, 0.25) is 0 Å². The number of likely N-dealkylation sites (N-methyl/N-ethyl adjacent to an activating group) is 1. The van der Waals surface area contributed by atoms with Crippen molar-refractivity contribution in [1.29, 1.82) is 0 Å². The highest BCUT2D eigenvalue weighted by Gasteiger charge is 2.30. The Morgan fingerprint density at radius 1 is 1.47 bits per heavy atom. The Morgan fingerprint density at radius 3 is 2.47 bits per heavy atom. The molecule has 6 heteroatoms. The molecular weight excluding hydrogens is 233 g/mol. The summed E-state index contributed by atoms with van der Waals surface area (Å²) in [5, 5.41) is 0. The molecule has 0 saturated heterocycles. The second-order valence-corrected chi connectivity index (χ2v) is 3.57. The molecule has 0 aliphatic carbocycles. The molecule has 1 aromatic heterocycles. The largest absolute Gasteiger partial charge is 0.417 e. The quantitative estimate of drug-likeness (QED) is 0.765. The second kappa shape index (κ2) is 5.16. The van der Waals surface area contributed by atoms with Crippen LogP contribution in [0.1, 0.15) is 19.4 Å². The van der Waals surface area contributed by atoms with Gasteiger partial charge in [-0.3, -0.25) is 0 Å². The van der Waals surface area contributed by atoms with Crippen LogP contribution in [-0.2, 0) is 11.0 Å². The zero-order valence-electron chi connectivity index (χ0n) is 9.53. The number of nitrogens with zero attached hydrogens (tertiary/aromatic N) is 2. The number of carbonyl (C=O) groups excluding carboxylic acids is 1. The molecule has 94 valence electrons. The molecule has 0 radical (unpaired) electrons. The molecule has 0 bridgehead atoms. The smallest absolute Gasteiger partial charge is 0.347 e. The van der Waals surface area contributed by atoms with Crippen LogP contribution in [0.25, 0.3) is 0 Å². The van der Waals surface area contributed by atoms with E-state index in [2.05, 4.69) is 4.98 Å². The molecule has 1 atom stereocenters. The molecule has 17 heavy (non-hydrogen) atoms. The monoisotopic (exact) mass is 246 g/mol. The third-order valence-corrected chi connectivity index (χ3v) is 2.40. The molecule has 0 spiro atoms. The molecule has 1 aromatic rings. The van der Waals surface area contributed by atoms with E-state index in [1.807, 2.05) is 0 Å². The zero-order valence-corrected chi connectivity index (χ0v) is 9.53. The molecule has 0 unspecified atom stereocenters. The first-order chi connectivity index (χ1) is 7.90. The minimum absolute atomic E-state index is 0.361. The zero-order chi connectivity index (χ0) is 13.1. The number of rotatable bonds is 4.